The van der Waals surface area contributed by atoms with E-state index in [2.05, 4.69) is 16.0 Å². The number of nitrogens with one attached hydrogen (secondary N) is 3. The quantitative estimate of drug-likeness (QED) is 0.0801. The van der Waals surface area contributed by atoms with Gasteiger partial charge in [0.05, 0.1) is 0 Å². The molecule has 0 saturated carbocycles. The lowest BCUT2D eigenvalue weighted by molar-refractivity contribution is -0.141. The van der Waals surface area contributed by atoms with E-state index in [9.17, 15) is 29.1 Å². The number of fused-ring (bicyclic) bond motifs is 1. The number of hydrogen-bond donors (Lipinski definition) is 4. The Balaban J connectivity index is 1.12. The fourth-order valence-corrected chi connectivity index (χ4v) is 6.68. The Morgan fingerprint density at radius 3 is 1.92 bits per heavy atom. The van der Waals surface area contributed by atoms with Crippen molar-refractivity contribution >= 4 is 29.6 Å². The molecule has 0 bridgehead atoms. The maximum absolute atomic E-state index is 13.5. The van der Waals surface area contributed by atoms with Crippen LogP contribution in [0.2, 0.25) is 0 Å². The lowest BCUT2D eigenvalue weighted by Crippen LogP contribution is -2.52. The van der Waals surface area contributed by atoms with Gasteiger partial charge < -0.3 is 26.0 Å². The number of Topliss-reactive ketones (excluding diaryl/α,β-unsaturated/α-hetero) is 1. The van der Waals surface area contributed by atoms with Crippen LogP contribution in [0.15, 0.2) is 115 Å². The molecule has 4 amide bonds. The summed E-state index contributed by atoms with van der Waals surface area (Å²) in [6.45, 7) is 0.909. The number of carbonyl (C=O) groups is 5. The monoisotopic (exact) mass is 702 g/mol. The van der Waals surface area contributed by atoms with Crippen LogP contribution in [-0.2, 0) is 27.3 Å². The number of carbonyl (C=O) groups excluding carboxylic acids is 4. The third kappa shape index (κ3) is 10.6. The van der Waals surface area contributed by atoms with Crippen molar-refractivity contribution in [2.75, 3.05) is 13.1 Å². The first-order chi connectivity index (χ1) is 25.3. The summed E-state index contributed by atoms with van der Waals surface area (Å²) in [5.74, 6) is -0.987. The van der Waals surface area contributed by atoms with Gasteiger partial charge in [0.1, 0.15) is 12.1 Å². The molecule has 4 aromatic carbocycles. The summed E-state index contributed by atoms with van der Waals surface area (Å²) in [6.07, 6.45) is 1.11. The highest BCUT2D eigenvalue weighted by molar-refractivity contribution is 5.96. The molecule has 0 aliphatic carbocycles. The van der Waals surface area contributed by atoms with E-state index in [-0.39, 0.29) is 42.8 Å². The van der Waals surface area contributed by atoms with E-state index in [4.69, 9.17) is 0 Å². The first kappa shape index (κ1) is 37.5. The molecule has 4 N–H and O–H groups in total. The van der Waals surface area contributed by atoms with Crippen molar-refractivity contribution in [2.45, 2.75) is 69.5 Å². The van der Waals surface area contributed by atoms with Gasteiger partial charge >= 0.3 is 6.09 Å². The molecule has 1 aliphatic heterocycles. The number of amides is 4. The summed E-state index contributed by atoms with van der Waals surface area (Å²) >= 11 is 0. The van der Waals surface area contributed by atoms with Gasteiger partial charge in [0.15, 0.2) is 5.78 Å². The van der Waals surface area contributed by atoms with Crippen molar-refractivity contribution in [1.82, 2.24) is 20.9 Å². The summed E-state index contributed by atoms with van der Waals surface area (Å²) in [5.41, 5.74) is 4.69. The van der Waals surface area contributed by atoms with Crippen molar-refractivity contribution in [3.63, 3.8) is 0 Å². The Bertz CT molecular complexity index is 1760. The highest BCUT2D eigenvalue weighted by atomic mass is 16.4. The predicted octanol–water partition coefficient (Wildman–Crippen LogP) is 5.86. The zero-order valence-corrected chi connectivity index (χ0v) is 29.2. The minimum absolute atomic E-state index is 0.0199. The standard InChI is InChI=1S/C42H46N4O6/c47-38(32-19-8-3-9-20-32)24-14-25-39(48)46-29-34-22-11-10-21-33(34)27-37(46)41(50)43-26-13-12-23-36(45-42(51)52)40(49)44-28-35(30-15-4-1-5-16-30)31-17-6-2-7-18-31/h1-11,15-22,35-37,45H,12-14,23-29H2,(H,43,50)(H,44,49)(H,51,52)/t36-,37-/m0/s1. The molecule has 0 saturated heterocycles. The number of carboxylic acid groups (broad SMARTS) is 1. The SMILES string of the molecule is O=C(O)N[C@@H](CCCCNC(=O)[C@@H]1Cc2ccccc2CN1C(=O)CCCC(=O)c1ccccc1)C(=O)NCC(c1ccccc1)c1ccccc1. The van der Waals surface area contributed by atoms with Crippen LogP contribution in [0.25, 0.3) is 0 Å². The zero-order chi connectivity index (χ0) is 36.7. The van der Waals surface area contributed by atoms with Gasteiger partial charge in [-0.2, -0.15) is 0 Å². The van der Waals surface area contributed by atoms with Crippen LogP contribution in [0, 0.1) is 0 Å². The number of hydrogen-bond acceptors (Lipinski definition) is 5. The second-order valence-electron chi connectivity index (χ2n) is 13.1. The molecule has 270 valence electrons. The molecule has 1 heterocycles. The minimum atomic E-state index is -1.29. The van der Waals surface area contributed by atoms with Gasteiger partial charge in [-0.3, -0.25) is 19.2 Å². The third-order valence-electron chi connectivity index (χ3n) is 9.48. The van der Waals surface area contributed by atoms with Crippen LogP contribution in [-0.4, -0.2) is 64.8 Å². The lowest BCUT2D eigenvalue weighted by atomic mass is 9.91. The molecule has 0 unspecified atom stereocenters. The average Bonchev–Trinajstić information content (AvgIpc) is 3.17. The fourth-order valence-electron chi connectivity index (χ4n) is 6.68. The number of nitrogens with zero attached hydrogens (tertiary/aromatic N) is 1. The number of unbranched alkanes of at least 4 members (excludes halogenated alkanes) is 1. The molecule has 2 atom stereocenters. The predicted molar refractivity (Wildman–Crippen MR) is 199 cm³/mol. The number of ketones is 1. The molecule has 4 aromatic rings. The van der Waals surface area contributed by atoms with Crippen LogP contribution in [0.4, 0.5) is 4.79 Å². The summed E-state index contributed by atoms with van der Waals surface area (Å²) in [6, 6.07) is 34.8. The molecule has 1 aliphatic rings. The smallest absolute Gasteiger partial charge is 0.405 e. The van der Waals surface area contributed by atoms with Crippen molar-refractivity contribution < 1.29 is 29.1 Å². The number of rotatable bonds is 17. The van der Waals surface area contributed by atoms with Gasteiger partial charge in [0, 0.05) is 50.4 Å². The van der Waals surface area contributed by atoms with Gasteiger partial charge in [0.2, 0.25) is 17.7 Å². The zero-order valence-electron chi connectivity index (χ0n) is 29.2. The molecule has 10 heteroatoms. The molecule has 5 rings (SSSR count). The maximum Gasteiger partial charge on any atom is 0.405 e. The molecular weight excluding hydrogens is 656 g/mol. The van der Waals surface area contributed by atoms with E-state index in [1.54, 1.807) is 17.0 Å². The lowest BCUT2D eigenvalue weighted by Gasteiger charge is -2.36. The van der Waals surface area contributed by atoms with E-state index in [1.807, 2.05) is 103 Å². The van der Waals surface area contributed by atoms with Crippen LogP contribution >= 0.6 is 0 Å². The molecule has 10 nitrogen and oxygen atoms in total. The minimum Gasteiger partial charge on any atom is -0.465 e. The average molecular weight is 703 g/mol. The summed E-state index contributed by atoms with van der Waals surface area (Å²) < 4.78 is 0. The van der Waals surface area contributed by atoms with Crippen molar-refractivity contribution in [3.05, 3.63) is 143 Å². The van der Waals surface area contributed by atoms with Crippen molar-refractivity contribution in [1.29, 1.82) is 0 Å². The van der Waals surface area contributed by atoms with Crippen molar-refractivity contribution in [3.8, 4) is 0 Å². The second kappa shape index (κ2) is 19.0. The maximum atomic E-state index is 13.5. The van der Waals surface area contributed by atoms with Gasteiger partial charge in [-0.05, 0) is 47.9 Å². The Hall–Kier alpha value is -5.77. The summed E-state index contributed by atoms with van der Waals surface area (Å²) in [5, 5.41) is 17.7. The van der Waals surface area contributed by atoms with Crippen LogP contribution in [0.1, 0.15) is 77.1 Å². The third-order valence-corrected chi connectivity index (χ3v) is 9.48. The fraction of sp³-hybridized carbons (Fsp3) is 0.310. The highest BCUT2D eigenvalue weighted by Gasteiger charge is 2.34. The van der Waals surface area contributed by atoms with E-state index < -0.39 is 24.1 Å². The second-order valence-corrected chi connectivity index (χ2v) is 13.1. The van der Waals surface area contributed by atoms with E-state index in [0.29, 0.717) is 50.9 Å². The first-order valence-electron chi connectivity index (χ1n) is 17.9. The molecule has 0 spiro atoms. The summed E-state index contributed by atoms with van der Waals surface area (Å²) in [7, 11) is 0. The van der Waals surface area contributed by atoms with Crippen molar-refractivity contribution in [2.24, 2.45) is 0 Å². The molecule has 0 radical (unpaired) electrons. The Kier molecular flexibility index (Phi) is 13.7. The van der Waals surface area contributed by atoms with Gasteiger partial charge in [-0.25, -0.2) is 4.79 Å². The Labute approximate surface area is 304 Å². The summed E-state index contributed by atoms with van der Waals surface area (Å²) in [4.78, 5) is 66.0. The molecule has 0 fully saturated rings. The Morgan fingerprint density at radius 2 is 1.29 bits per heavy atom. The highest BCUT2D eigenvalue weighted by Crippen LogP contribution is 2.26. The number of benzene rings is 4. The first-order valence-corrected chi connectivity index (χ1v) is 17.9. The van der Waals surface area contributed by atoms with Gasteiger partial charge in [-0.15, -0.1) is 0 Å². The topological polar surface area (TPSA) is 145 Å². The van der Waals surface area contributed by atoms with Crippen LogP contribution < -0.4 is 16.0 Å². The normalized spacial score (nSPS) is 14.2. The van der Waals surface area contributed by atoms with E-state index >= 15 is 0 Å². The van der Waals surface area contributed by atoms with Gasteiger partial charge in [-0.1, -0.05) is 115 Å². The molecular formula is C42H46N4O6. The largest absolute Gasteiger partial charge is 0.465 e. The van der Waals surface area contributed by atoms with E-state index in [0.717, 1.165) is 22.3 Å². The van der Waals surface area contributed by atoms with E-state index in [1.165, 1.54) is 0 Å². The van der Waals surface area contributed by atoms with Gasteiger partial charge in [0.25, 0.3) is 0 Å². The Morgan fingerprint density at radius 1 is 0.692 bits per heavy atom. The van der Waals surface area contributed by atoms with Crippen LogP contribution in [0.3, 0.4) is 0 Å². The molecule has 0 aromatic heterocycles. The molecule has 52 heavy (non-hydrogen) atoms. The van der Waals surface area contributed by atoms with Crippen LogP contribution in [0.5, 0.6) is 0 Å².